The van der Waals surface area contributed by atoms with Gasteiger partial charge in [-0.2, -0.15) is 0 Å². The van der Waals surface area contributed by atoms with E-state index in [4.69, 9.17) is 18.9 Å². The first-order chi connectivity index (χ1) is 29.9. The Labute approximate surface area is 369 Å². The van der Waals surface area contributed by atoms with Gasteiger partial charge in [-0.05, 0) is 106 Å². The van der Waals surface area contributed by atoms with Crippen molar-refractivity contribution in [2.24, 2.45) is 22.7 Å². The predicted molar refractivity (Wildman–Crippen MR) is 255 cm³/mol. The van der Waals surface area contributed by atoms with Crippen LogP contribution in [0.2, 0.25) is 0 Å². The number of ether oxygens (including phenoxy) is 4. The molecule has 62 heavy (non-hydrogen) atoms. The molecular weight excluding hydrogens is 761 g/mol. The minimum Gasteiger partial charge on any atom is -0.493 e. The molecule has 4 heteroatoms. The van der Waals surface area contributed by atoms with Crippen LogP contribution in [0, 0.1) is 22.7 Å². The molecule has 2 heterocycles. The molecule has 0 N–H and O–H groups in total. The van der Waals surface area contributed by atoms with Crippen LogP contribution in [-0.4, -0.2) is 14.2 Å². The molecule has 0 spiro atoms. The van der Waals surface area contributed by atoms with Crippen molar-refractivity contribution in [3.05, 3.63) is 225 Å². The molecule has 2 aliphatic heterocycles. The van der Waals surface area contributed by atoms with Crippen LogP contribution in [0.1, 0.15) is 89.5 Å². The van der Waals surface area contributed by atoms with Gasteiger partial charge < -0.3 is 18.9 Å². The molecule has 2 aliphatic carbocycles. The lowest BCUT2D eigenvalue weighted by Crippen LogP contribution is -2.27. The zero-order chi connectivity index (χ0) is 43.4. The van der Waals surface area contributed by atoms with Crippen LogP contribution in [0.5, 0.6) is 0 Å². The molecule has 0 saturated carbocycles. The highest BCUT2D eigenvalue weighted by Gasteiger charge is 2.38. The van der Waals surface area contributed by atoms with Crippen LogP contribution >= 0.6 is 0 Å². The van der Waals surface area contributed by atoms with E-state index >= 15 is 0 Å². The summed E-state index contributed by atoms with van der Waals surface area (Å²) in [5.74, 6) is 5.61. The fourth-order valence-corrected chi connectivity index (χ4v) is 8.97. The summed E-state index contributed by atoms with van der Waals surface area (Å²) in [6.45, 7) is 14.1. The first-order valence-electron chi connectivity index (χ1n) is 22.0. The van der Waals surface area contributed by atoms with Gasteiger partial charge in [-0.1, -0.05) is 175 Å². The first-order valence-corrected chi connectivity index (χ1v) is 22.0. The lowest BCUT2D eigenvalue weighted by Gasteiger charge is -2.39. The highest BCUT2D eigenvalue weighted by molar-refractivity contribution is 5.90. The molecule has 8 rings (SSSR count). The van der Waals surface area contributed by atoms with Crippen molar-refractivity contribution >= 4 is 22.7 Å². The van der Waals surface area contributed by atoms with Crippen molar-refractivity contribution in [2.75, 3.05) is 14.2 Å². The molecule has 4 nitrogen and oxygen atoms in total. The van der Waals surface area contributed by atoms with E-state index in [1.165, 1.54) is 33.4 Å². The van der Waals surface area contributed by atoms with Crippen molar-refractivity contribution in [2.45, 2.75) is 67.2 Å². The van der Waals surface area contributed by atoms with E-state index in [-0.39, 0.29) is 10.8 Å². The summed E-state index contributed by atoms with van der Waals surface area (Å²) in [5, 5.41) is 0. The maximum atomic E-state index is 6.95. The molecule has 4 aromatic rings. The van der Waals surface area contributed by atoms with Crippen molar-refractivity contribution in [3.63, 3.8) is 0 Å². The maximum absolute atomic E-state index is 6.95. The minimum atomic E-state index is 0.0768. The Morgan fingerprint density at radius 2 is 0.790 bits per heavy atom. The number of rotatable bonds is 10. The van der Waals surface area contributed by atoms with Gasteiger partial charge in [0.2, 0.25) is 0 Å². The van der Waals surface area contributed by atoms with Crippen molar-refractivity contribution < 1.29 is 18.9 Å². The smallest absolute Gasteiger partial charge is 0.160 e. The van der Waals surface area contributed by atoms with E-state index < -0.39 is 0 Å². The topological polar surface area (TPSA) is 36.9 Å². The van der Waals surface area contributed by atoms with Gasteiger partial charge in [0.25, 0.3) is 0 Å². The largest absolute Gasteiger partial charge is 0.493 e. The monoisotopic (exact) mass is 820 g/mol. The van der Waals surface area contributed by atoms with E-state index in [9.17, 15) is 0 Å². The van der Waals surface area contributed by atoms with Crippen molar-refractivity contribution in [3.8, 4) is 0 Å². The molecule has 0 amide bonds. The molecule has 316 valence electrons. The second kappa shape index (κ2) is 18.0. The average molecular weight is 821 g/mol. The van der Waals surface area contributed by atoms with Gasteiger partial charge in [-0.25, -0.2) is 0 Å². The normalized spacial score (nSPS) is 20.0. The average Bonchev–Trinajstić information content (AvgIpc) is 3.29. The van der Waals surface area contributed by atoms with E-state index in [2.05, 4.69) is 175 Å². The van der Waals surface area contributed by atoms with Crippen molar-refractivity contribution in [1.29, 1.82) is 0 Å². The Bertz CT molecular complexity index is 2380. The molecule has 4 aromatic carbocycles. The summed E-state index contributed by atoms with van der Waals surface area (Å²) in [6.07, 6.45) is 16.5. The molecular formula is C58H60O4. The Kier molecular flexibility index (Phi) is 12.3. The third-order valence-electron chi connectivity index (χ3n) is 12.9. The van der Waals surface area contributed by atoms with Crippen LogP contribution < -0.4 is 0 Å². The Morgan fingerprint density at radius 3 is 1.10 bits per heavy atom. The number of benzene rings is 4. The Morgan fingerprint density at radius 1 is 0.468 bits per heavy atom. The van der Waals surface area contributed by atoms with Gasteiger partial charge in [0, 0.05) is 22.3 Å². The number of methoxy groups -OCH3 is 2. The summed E-state index contributed by atoms with van der Waals surface area (Å²) >= 11 is 0. The maximum Gasteiger partial charge on any atom is 0.160 e. The van der Waals surface area contributed by atoms with Crippen LogP contribution in [0.3, 0.4) is 0 Å². The molecule has 0 fully saturated rings. The van der Waals surface area contributed by atoms with E-state index in [1.54, 1.807) is 14.2 Å². The second-order valence-corrected chi connectivity index (χ2v) is 18.9. The van der Waals surface area contributed by atoms with Crippen LogP contribution in [-0.2, 0) is 18.9 Å². The Hall–Kier alpha value is -6.26. The number of fused-ring (bicyclic) bond motifs is 2. The molecule has 0 aromatic heterocycles. The molecule has 0 bridgehead atoms. The molecule has 2 atom stereocenters. The summed E-state index contributed by atoms with van der Waals surface area (Å²) in [6, 6.07) is 42.2. The molecule has 0 radical (unpaired) electrons. The molecule has 4 aliphatic rings. The van der Waals surface area contributed by atoms with E-state index in [1.807, 2.05) is 24.3 Å². The van der Waals surface area contributed by atoms with Crippen LogP contribution in [0.4, 0.5) is 0 Å². The zero-order valence-corrected chi connectivity index (χ0v) is 37.6. The Balaban J connectivity index is 1.23. The lowest BCUT2D eigenvalue weighted by atomic mass is 9.69. The van der Waals surface area contributed by atoms with Crippen LogP contribution in [0.15, 0.2) is 203 Å². The summed E-state index contributed by atoms with van der Waals surface area (Å²) in [4.78, 5) is 0. The molecule has 0 saturated heterocycles. The highest BCUT2D eigenvalue weighted by atomic mass is 16.5. The SMILES string of the molecule is COC(/C=C/C1=C2OC(c3ccccc3)=CC(c3ccccc3)=C2CC(C(C)(C)C)C1)=C(\C=C\C1=C2OC(c3ccccc3)=CC(c3ccccc3)=C2CC(C(C)(C)C)C1)OC. The standard InChI is InChI=1S/C58H60O4/c1-57(2,3)45-33-43(55-49(35-45)47(39-21-13-9-14-22-39)37-53(61-55)41-25-17-11-18-26-41)29-31-51(59-7)52(60-8)32-30-44-34-46(58(4,5)6)36-50-48(40-23-15-10-16-24-40)38-54(62-56(44)50)42-27-19-12-20-28-42/h9-32,37-38,45-46H,33-36H2,1-8H3/b31-29+,32-30+,52-51+. The predicted octanol–water partition coefficient (Wildman–Crippen LogP) is 15.1. The summed E-state index contributed by atoms with van der Waals surface area (Å²) < 4.78 is 26.2. The van der Waals surface area contributed by atoms with Crippen LogP contribution in [0.25, 0.3) is 22.7 Å². The quantitative estimate of drug-likeness (QED) is 0.118. The van der Waals surface area contributed by atoms with Gasteiger partial charge in [-0.3, -0.25) is 0 Å². The van der Waals surface area contributed by atoms with Gasteiger partial charge >= 0.3 is 0 Å². The van der Waals surface area contributed by atoms with Gasteiger partial charge in [0.1, 0.15) is 23.0 Å². The van der Waals surface area contributed by atoms with Gasteiger partial charge in [0.15, 0.2) is 11.5 Å². The zero-order valence-electron chi connectivity index (χ0n) is 37.6. The van der Waals surface area contributed by atoms with E-state index in [0.29, 0.717) is 23.4 Å². The third-order valence-corrected chi connectivity index (χ3v) is 12.9. The fraction of sp³-hybridized carbons (Fsp3) is 0.276. The fourth-order valence-electron chi connectivity index (χ4n) is 8.97. The highest BCUT2D eigenvalue weighted by Crippen LogP contribution is 2.51. The lowest BCUT2D eigenvalue weighted by molar-refractivity contribution is 0.220. The van der Waals surface area contributed by atoms with Gasteiger partial charge in [0.05, 0.1) is 14.2 Å². The molecule has 2 unspecified atom stereocenters. The minimum absolute atomic E-state index is 0.0768. The second-order valence-electron chi connectivity index (χ2n) is 18.9. The number of allylic oxidation sites excluding steroid dienone is 12. The number of hydrogen-bond donors (Lipinski definition) is 0. The van der Waals surface area contributed by atoms with Crippen molar-refractivity contribution in [1.82, 2.24) is 0 Å². The van der Waals surface area contributed by atoms with Gasteiger partial charge in [-0.15, -0.1) is 0 Å². The van der Waals surface area contributed by atoms with E-state index in [0.717, 1.165) is 71.0 Å². The summed E-state index contributed by atoms with van der Waals surface area (Å²) in [5.41, 5.74) is 11.8. The summed E-state index contributed by atoms with van der Waals surface area (Å²) in [7, 11) is 3.42. The first kappa shape index (κ1) is 42.4. The third kappa shape index (κ3) is 9.16. The number of hydrogen-bond acceptors (Lipinski definition) is 4.